The van der Waals surface area contributed by atoms with Crippen molar-refractivity contribution in [3.8, 4) is 0 Å². The van der Waals surface area contributed by atoms with Gasteiger partial charge in [0.05, 0.1) is 6.04 Å². The van der Waals surface area contributed by atoms with Crippen molar-refractivity contribution in [3.05, 3.63) is 48.6 Å². The number of urea groups is 1. The van der Waals surface area contributed by atoms with Crippen LogP contribution in [0.2, 0.25) is 0 Å². The van der Waals surface area contributed by atoms with Crippen LogP contribution in [0, 0.1) is 5.92 Å². The van der Waals surface area contributed by atoms with Gasteiger partial charge in [-0.05, 0) is 30.7 Å². The molecule has 29 heavy (non-hydrogen) atoms. The third kappa shape index (κ3) is 6.07. The number of carbonyl (C=O) groups is 2. The van der Waals surface area contributed by atoms with Gasteiger partial charge in [0.15, 0.2) is 0 Å². The first-order valence-corrected chi connectivity index (χ1v) is 10.9. The molecule has 0 spiro atoms. The molecule has 1 aromatic carbocycles. The minimum atomic E-state index is -0.0772. The minimum Gasteiger partial charge on any atom is -0.354 e. The molecule has 1 aliphatic heterocycles. The van der Waals surface area contributed by atoms with Crippen molar-refractivity contribution < 1.29 is 9.59 Å². The third-order valence-electron chi connectivity index (χ3n) is 6.06. The molecule has 1 saturated carbocycles. The first-order chi connectivity index (χ1) is 14.2. The summed E-state index contributed by atoms with van der Waals surface area (Å²) < 4.78 is 0. The SMILES string of the molecule is C=CCNC(=O)N1CCN(C(C(=O)NCCc2ccccc2)C2CCCC2)CC1. The highest BCUT2D eigenvalue weighted by Gasteiger charge is 2.37. The van der Waals surface area contributed by atoms with E-state index in [0.29, 0.717) is 32.1 Å². The van der Waals surface area contributed by atoms with Crippen LogP contribution in [0.4, 0.5) is 4.79 Å². The summed E-state index contributed by atoms with van der Waals surface area (Å²) in [5.41, 5.74) is 1.24. The molecule has 0 radical (unpaired) electrons. The first kappa shape index (κ1) is 21.4. The smallest absolute Gasteiger partial charge is 0.317 e. The average Bonchev–Trinajstić information content (AvgIpc) is 3.28. The van der Waals surface area contributed by atoms with E-state index in [4.69, 9.17) is 0 Å². The van der Waals surface area contributed by atoms with Crippen molar-refractivity contribution in [2.45, 2.75) is 38.1 Å². The second kappa shape index (κ2) is 11.0. The zero-order valence-electron chi connectivity index (χ0n) is 17.3. The largest absolute Gasteiger partial charge is 0.354 e. The van der Waals surface area contributed by atoms with Crippen LogP contribution in [0.5, 0.6) is 0 Å². The molecular weight excluding hydrogens is 364 g/mol. The van der Waals surface area contributed by atoms with Gasteiger partial charge in [-0.25, -0.2) is 4.79 Å². The lowest BCUT2D eigenvalue weighted by Crippen LogP contribution is -2.59. The van der Waals surface area contributed by atoms with Gasteiger partial charge in [0, 0.05) is 39.3 Å². The van der Waals surface area contributed by atoms with Crippen molar-refractivity contribution in [3.63, 3.8) is 0 Å². The van der Waals surface area contributed by atoms with E-state index in [-0.39, 0.29) is 18.0 Å². The lowest BCUT2D eigenvalue weighted by molar-refractivity contribution is -0.129. The van der Waals surface area contributed by atoms with E-state index in [1.54, 1.807) is 6.08 Å². The van der Waals surface area contributed by atoms with Gasteiger partial charge in [0.25, 0.3) is 0 Å². The highest BCUT2D eigenvalue weighted by atomic mass is 16.2. The number of benzene rings is 1. The predicted octanol–water partition coefficient (Wildman–Crippen LogP) is 2.42. The number of hydrogen-bond donors (Lipinski definition) is 2. The summed E-state index contributed by atoms with van der Waals surface area (Å²) in [5.74, 6) is 0.574. The fourth-order valence-electron chi connectivity index (χ4n) is 4.50. The molecule has 6 nitrogen and oxygen atoms in total. The van der Waals surface area contributed by atoms with Gasteiger partial charge in [-0.2, -0.15) is 0 Å². The molecule has 3 rings (SSSR count). The first-order valence-electron chi connectivity index (χ1n) is 10.9. The number of carbonyl (C=O) groups excluding carboxylic acids is 2. The summed E-state index contributed by atoms with van der Waals surface area (Å²) in [6, 6.07) is 10.1. The van der Waals surface area contributed by atoms with E-state index < -0.39 is 0 Å². The number of piperazine rings is 1. The zero-order chi connectivity index (χ0) is 20.5. The van der Waals surface area contributed by atoms with Crippen LogP contribution in [0.15, 0.2) is 43.0 Å². The summed E-state index contributed by atoms with van der Waals surface area (Å²) >= 11 is 0. The van der Waals surface area contributed by atoms with Crippen molar-refractivity contribution in [2.24, 2.45) is 5.92 Å². The topological polar surface area (TPSA) is 64.7 Å². The summed E-state index contributed by atoms with van der Waals surface area (Å²) in [7, 11) is 0. The maximum absolute atomic E-state index is 13.1. The van der Waals surface area contributed by atoms with Crippen LogP contribution in [0.3, 0.4) is 0 Å². The normalized spacial score (nSPS) is 19.0. The van der Waals surface area contributed by atoms with Crippen molar-refractivity contribution in [1.82, 2.24) is 20.4 Å². The monoisotopic (exact) mass is 398 g/mol. The molecule has 1 saturated heterocycles. The fourth-order valence-corrected chi connectivity index (χ4v) is 4.50. The highest BCUT2D eigenvalue weighted by molar-refractivity contribution is 5.82. The Kier molecular flexibility index (Phi) is 8.11. The molecule has 158 valence electrons. The number of nitrogens with zero attached hydrogens (tertiary/aromatic N) is 2. The Labute approximate surface area is 174 Å². The standard InChI is InChI=1S/C23H34N4O2/c1-2-13-25-23(29)27-17-15-26(16-18-27)21(20-10-6-7-11-20)22(28)24-14-12-19-8-4-3-5-9-19/h2-5,8-9,20-21H,1,6-7,10-18H2,(H,24,28)(H,25,29). The Hall–Kier alpha value is -2.34. The van der Waals surface area contributed by atoms with Crippen LogP contribution < -0.4 is 10.6 Å². The van der Waals surface area contributed by atoms with E-state index in [1.165, 1.54) is 18.4 Å². The summed E-state index contributed by atoms with van der Waals surface area (Å²) in [5, 5.41) is 6.02. The number of hydrogen-bond acceptors (Lipinski definition) is 3. The molecule has 2 aliphatic rings. The molecule has 2 fully saturated rings. The maximum Gasteiger partial charge on any atom is 0.317 e. The lowest BCUT2D eigenvalue weighted by Gasteiger charge is -2.40. The Balaban J connectivity index is 1.54. The number of rotatable bonds is 8. The molecule has 1 atom stereocenters. The summed E-state index contributed by atoms with van der Waals surface area (Å²) in [6.45, 7) is 7.58. The van der Waals surface area contributed by atoms with Crippen LogP contribution in [-0.4, -0.2) is 67.0 Å². The molecular formula is C23H34N4O2. The van der Waals surface area contributed by atoms with E-state index in [9.17, 15) is 9.59 Å². The molecule has 0 aromatic heterocycles. The van der Waals surface area contributed by atoms with Crippen molar-refractivity contribution >= 4 is 11.9 Å². The van der Waals surface area contributed by atoms with Gasteiger partial charge in [-0.15, -0.1) is 6.58 Å². The van der Waals surface area contributed by atoms with E-state index >= 15 is 0 Å². The van der Waals surface area contributed by atoms with E-state index in [1.807, 2.05) is 23.1 Å². The Morgan fingerprint density at radius 3 is 2.41 bits per heavy atom. The van der Waals surface area contributed by atoms with Gasteiger partial charge in [-0.3, -0.25) is 9.69 Å². The highest BCUT2D eigenvalue weighted by Crippen LogP contribution is 2.31. The van der Waals surface area contributed by atoms with Gasteiger partial charge in [-0.1, -0.05) is 49.2 Å². The Morgan fingerprint density at radius 2 is 1.76 bits per heavy atom. The Bertz CT molecular complexity index is 665. The molecule has 6 heteroatoms. The molecule has 3 amide bonds. The van der Waals surface area contributed by atoms with Crippen LogP contribution >= 0.6 is 0 Å². The summed E-state index contributed by atoms with van der Waals surface area (Å²) in [6.07, 6.45) is 7.20. The average molecular weight is 399 g/mol. The second-order valence-electron chi connectivity index (χ2n) is 8.01. The van der Waals surface area contributed by atoms with Crippen molar-refractivity contribution in [2.75, 3.05) is 39.3 Å². The number of amides is 3. The lowest BCUT2D eigenvalue weighted by atomic mass is 9.95. The zero-order valence-corrected chi connectivity index (χ0v) is 17.3. The number of nitrogens with one attached hydrogen (secondary N) is 2. The van der Waals surface area contributed by atoms with Gasteiger partial charge < -0.3 is 15.5 Å². The molecule has 1 heterocycles. The molecule has 1 aromatic rings. The molecule has 0 bridgehead atoms. The second-order valence-corrected chi connectivity index (χ2v) is 8.01. The quantitative estimate of drug-likeness (QED) is 0.661. The van der Waals surface area contributed by atoms with Gasteiger partial charge in [0.2, 0.25) is 5.91 Å². The Morgan fingerprint density at radius 1 is 1.07 bits per heavy atom. The van der Waals surface area contributed by atoms with Gasteiger partial charge in [0.1, 0.15) is 0 Å². The van der Waals surface area contributed by atoms with Crippen LogP contribution in [0.25, 0.3) is 0 Å². The fraction of sp³-hybridized carbons (Fsp3) is 0.565. The van der Waals surface area contributed by atoms with Crippen molar-refractivity contribution in [1.29, 1.82) is 0 Å². The minimum absolute atomic E-state index is 0.0470. The molecule has 1 unspecified atom stereocenters. The molecule has 1 aliphatic carbocycles. The predicted molar refractivity (Wildman–Crippen MR) is 116 cm³/mol. The van der Waals surface area contributed by atoms with E-state index in [2.05, 4.69) is 34.2 Å². The third-order valence-corrected chi connectivity index (χ3v) is 6.06. The van der Waals surface area contributed by atoms with Gasteiger partial charge >= 0.3 is 6.03 Å². The van der Waals surface area contributed by atoms with Crippen LogP contribution in [-0.2, 0) is 11.2 Å². The molecule has 2 N–H and O–H groups in total. The summed E-state index contributed by atoms with van der Waals surface area (Å²) in [4.78, 5) is 29.4. The van der Waals surface area contributed by atoms with E-state index in [0.717, 1.165) is 32.4 Å². The maximum atomic E-state index is 13.1. The van der Waals surface area contributed by atoms with Crippen LogP contribution in [0.1, 0.15) is 31.2 Å².